The monoisotopic (exact) mass is 346 g/mol. The van der Waals surface area contributed by atoms with Crippen LogP contribution in [0.5, 0.6) is 0 Å². The van der Waals surface area contributed by atoms with Gasteiger partial charge in [-0.1, -0.05) is 31.5 Å². The fourth-order valence-electron chi connectivity index (χ4n) is 1.88. The first-order valence-corrected chi connectivity index (χ1v) is 7.92. The van der Waals surface area contributed by atoms with E-state index in [0.29, 0.717) is 28.6 Å². The second-order valence-electron chi connectivity index (χ2n) is 5.66. The molecule has 0 aliphatic carbocycles. The zero-order valence-corrected chi connectivity index (χ0v) is 14.3. The van der Waals surface area contributed by atoms with E-state index in [1.165, 1.54) is 0 Å². The zero-order valence-electron chi connectivity index (χ0n) is 13.5. The molecule has 0 aliphatic rings. The molecule has 6 heteroatoms. The minimum Gasteiger partial charge on any atom is -0.449 e. The fourth-order valence-corrected chi connectivity index (χ4v) is 2.00. The van der Waals surface area contributed by atoms with Crippen LogP contribution in [-0.2, 0) is 4.74 Å². The van der Waals surface area contributed by atoms with E-state index in [4.69, 9.17) is 16.3 Å². The van der Waals surface area contributed by atoms with Gasteiger partial charge in [-0.15, -0.1) is 0 Å². The fraction of sp³-hybridized carbons (Fsp3) is 0.222. The number of benzene rings is 2. The lowest BCUT2D eigenvalue weighted by atomic mass is 10.2. The number of hydrogen-bond acceptors (Lipinski definition) is 3. The molecule has 2 aromatic rings. The lowest BCUT2D eigenvalue weighted by molar-refractivity contribution is 0.102. The highest BCUT2D eigenvalue weighted by atomic mass is 35.5. The summed E-state index contributed by atoms with van der Waals surface area (Å²) in [7, 11) is 0. The maximum atomic E-state index is 12.2. The third-order valence-corrected chi connectivity index (χ3v) is 3.27. The molecule has 0 heterocycles. The Morgan fingerprint density at radius 3 is 2.29 bits per heavy atom. The van der Waals surface area contributed by atoms with Crippen LogP contribution in [0.1, 0.15) is 24.2 Å². The van der Waals surface area contributed by atoms with Gasteiger partial charge in [0.15, 0.2) is 0 Å². The summed E-state index contributed by atoms with van der Waals surface area (Å²) >= 11 is 5.81. The minimum absolute atomic E-state index is 0.258. The summed E-state index contributed by atoms with van der Waals surface area (Å²) in [5, 5.41) is 5.96. The van der Waals surface area contributed by atoms with Crippen LogP contribution in [0, 0.1) is 5.92 Å². The predicted molar refractivity (Wildman–Crippen MR) is 95.7 cm³/mol. The number of carbonyl (C=O) groups is 2. The molecule has 24 heavy (non-hydrogen) atoms. The summed E-state index contributed by atoms with van der Waals surface area (Å²) in [4.78, 5) is 23.8. The first-order chi connectivity index (χ1) is 11.4. The van der Waals surface area contributed by atoms with Crippen molar-refractivity contribution in [1.29, 1.82) is 0 Å². The summed E-state index contributed by atoms with van der Waals surface area (Å²) in [5.74, 6) is 0.00643. The first kappa shape index (κ1) is 17.8. The Hall–Kier alpha value is -2.53. The molecule has 0 saturated carbocycles. The van der Waals surface area contributed by atoms with Crippen molar-refractivity contribution in [2.45, 2.75) is 13.8 Å². The van der Waals surface area contributed by atoms with E-state index in [2.05, 4.69) is 10.6 Å². The Balaban J connectivity index is 1.98. The molecule has 2 aromatic carbocycles. The van der Waals surface area contributed by atoms with E-state index in [1.807, 2.05) is 13.8 Å². The summed E-state index contributed by atoms with van der Waals surface area (Å²) in [6, 6.07) is 13.4. The average Bonchev–Trinajstić information content (AvgIpc) is 2.54. The lowest BCUT2D eigenvalue weighted by Crippen LogP contribution is -2.17. The SMILES string of the molecule is CC(C)COC(=O)Nc1cccc(NC(=O)c2ccc(Cl)cc2)c1. The number of nitrogens with one attached hydrogen (secondary N) is 2. The second-order valence-corrected chi connectivity index (χ2v) is 6.10. The van der Waals surface area contributed by atoms with Crippen LogP contribution in [0.2, 0.25) is 5.02 Å². The highest BCUT2D eigenvalue weighted by molar-refractivity contribution is 6.30. The van der Waals surface area contributed by atoms with E-state index in [9.17, 15) is 9.59 Å². The van der Waals surface area contributed by atoms with Crippen molar-refractivity contribution in [2.75, 3.05) is 17.2 Å². The zero-order chi connectivity index (χ0) is 17.5. The van der Waals surface area contributed by atoms with Crippen LogP contribution in [-0.4, -0.2) is 18.6 Å². The molecule has 0 aliphatic heterocycles. The largest absolute Gasteiger partial charge is 0.449 e. The maximum Gasteiger partial charge on any atom is 0.411 e. The molecule has 126 valence electrons. The Bertz CT molecular complexity index is 714. The van der Waals surface area contributed by atoms with Gasteiger partial charge in [-0.05, 0) is 48.4 Å². The van der Waals surface area contributed by atoms with Crippen molar-refractivity contribution >= 4 is 35.0 Å². The normalized spacial score (nSPS) is 10.3. The van der Waals surface area contributed by atoms with Crippen LogP contribution < -0.4 is 10.6 Å². The number of ether oxygens (including phenoxy) is 1. The lowest BCUT2D eigenvalue weighted by Gasteiger charge is -2.10. The second kappa shape index (κ2) is 8.36. The number of rotatable bonds is 5. The smallest absolute Gasteiger partial charge is 0.411 e. The average molecular weight is 347 g/mol. The Labute approximate surface area is 146 Å². The molecule has 2 N–H and O–H groups in total. The Morgan fingerprint density at radius 1 is 1.04 bits per heavy atom. The molecule has 0 saturated heterocycles. The van der Waals surface area contributed by atoms with Gasteiger partial charge in [0, 0.05) is 22.0 Å². The topological polar surface area (TPSA) is 67.4 Å². The number of hydrogen-bond donors (Lipinski definition) is 2. The van der Waals surface area contributed by atoms with Gasteiger partial charge in [0.25, 0.3) is 5.91 Å². The number of anilines is 2. The quantitative estimate of drug-likeness (QED) is 0.817. The first-order valence-electron chi connectivity index (χ1n) is 7.55. The summed E-state index contributed by atoms with van der Waals surface area (Å²) in [6.45, 7) is 4.26. The highest BCUT2D eigenvalue weighted by Gasteiger charge is 2.08. The third kappa shape index (κ3) is 5.59. The molecule has 0 bridgehead atoms. The maximum absolute atomic E-state index is 12.2. The molecule has 0 spiro atoms. The van der Waals surface area contributed by atoms with Crippen LogP contribution in [0.3, 0.4) is 0 Å². The van der Waals surface area contributed by atoms with Crippen LogP contribution in [0.4, 0.5) is 16.2 Å². The standard InChI is InChI=1S/C18H19ClN2O3/c1-12(2)11-24-18(23)21-16-5-3-4-15(10-16)20-17(22)13-6-8-14(19)9-7-13/h3-10,12H,11H2,1-2H3,(H,20,22)(H,21,23). The van der Waals surface area contributed by atoms with Crippen molar-refractivity contribution < 1.29 is 14.3 Å². The van der Waals surface area contributed by atoms with Crippen molar-refractivity contribution in [1.82, 2.24) is 0 Å². The summed E-state index contributed by atoms with van der Waals surface area (Å²) in [6.07, 6.45) is -0.523. The minimum atomic E-state index is -0.523. The molecule has 0 fully saturated rings. The highest BCUT2D eigenvalue weighted by Crippen LogP contribution is 2.17. The molecule has 0 unspecified atom stereocenters. The molecular formula is C18H19ClN2O3. The van der Waals surface area contributed by atoms with Crippen molar-refractivity contribution in [3.63, 3.8) is 0 Å². The van der Waals surface area contributed by atoms with Gasteiger partial charge in [-0.2, -0.15) is 0 Å². The van der Waals surface area contributed by atoms with Gasteiger partial charge in [0.05, 0.1) is 6.61 Å². The van der Waals surface area contributed by atoms with Crippen LogP contribution in [0.15, 0.2) is 48.5 Å². The number of halogens is 1. The van der Waals surface area contributed by atoms with Gasteiger partial charge in [0.1, 0.15) is 0 Å². The molecule has 2 amide bonds. The van der Waals surface area contributed by atoms with Gasteiger partial charge in [-0.3, -0.25) is 10.1 Å². The molecule has 0 radical (unpaired) electrons. The summed E-state index contributed by atoms with van der Waals surface area (Å²) < 4.78 is 5.06. The molecular weight excluding hydrogens is 328 g/mol. The Kier molecular flexibility index (Phi) is 6.21. The third-order valence-electron chi connectivity index (χ3n) is 3.02. The number of amides is 2. The molecule has 0 atom stereocenters. The van der Waals surface area contributed by atoms with Gasteiger partial charge >= 0.3 is 6.09 Å². The van der Waals surface area contributed by atoms with Crippen LogP contribution >= 0.6 is 11.6 Å². The predicted octanol–water partition coefficient (Wildman–Crippen LogP) is 4.80. The van der Waals surface area contributed by atoms with Gasteiger partial charge in [-0.25, -0.2) is 4.79 Å². The van der Waals surface area contributed by atoms with Crippen LogP contribution in [0.25, 0.3) is 0 Å². The van der Waals surface area contributed by atoms with Crippen molar-refractivity contribution in [2.24, 2.45) is 5.92 Å². The number of carbonyl (C=O) groups excluding carboxylic acids is 2. The van der Waals surface area contributed by atoms with Crippen molar-refractivity contribution in [3.05, 3.63) is 59.1 Å². The van der Waals surface area contributed by atoms with Gasteiger partial charge < -0.3 is 10.1 Å². The van der Waals surface area contributed by atoms with Gasteiger partial charge in [0.2, 0.25) is 0 Å². The van der Waals surface area contributed by atoms with E-state index in [1.54, 1.807) is 48.5 Å². The molecule has 2 rings (SSSR count). The van der Waals surface area contributed by atoms with E-state index < -0.39 is 6.09 Å². The summed E-state index contributed by atoms with van der Waals surface area (Å²) in [5.41, 5.74) is 1.60. The molecule has 0 aromatic heterocycles. The van der Waals surface area contributed by atoms with E-state index >= 15 is 0 Å². The van der Waals surface area contributed by atoms with E-state index in [0.717, 1.165) is 0 Å². The Morgan fingerprint density at radius 2 is 1.67 bits per heavy atom. The molecule has 5 nitrogen and oxygen atoms in total. The van der Waals surface area contributed by atoms with E-state index in [-0.39, 0.29) is 11.8 Å². The van der Waals surface area contributed by atoms with Crippen molar-refractivity contribution in [3.8, 4) is 0 Å².